The molecule has 1 fully saturated rings. The number of likely N-dealkylation sites (N-methyl/N-ethyl adjacent to an activating group) is 1. The highest BCUT2D eigenvalue weighted by atomic mass is 35.5. The first-order valence-electron chi connectivity index (χ1n) is 8.12. The van der Waals surface area contributed by atoms with Crippen molar-refractivity contribution in [2.45, 2.75) is 31.5 Å². The topological polar surface area (TPSA) is 87.7 Å². The highest BCUT2D eigenvalue weighted by Crippen LogP contribution is 2.18. The minimum Gasteiger partial charge on any atom is -0.445 e. The summed E-state index contributed by atoms with van der Waals surface area (Å²) in [4.78, 5) is 37.9. The van der Waals surface area contributed by atoms with E-state index in [1.807, 2.05) is 30.3 Å². The van der Waals surface area contributed by atoms with Gasteiger partial charge in [0.05, 0.1) is 5.88 Å². The minimum atomic E-state index is -0.935. The summed E-state index contributed by atoms with van der Waals surface area (Å²) in [7, 11) is 1.53. The molecular weight excluding hydrogens is 346 g/mol. The van der Waals surface area contributed by atoms with Gasteiger partial charge in [0.2, 0.25) is 11.8 Å². The van der Waals surface area contributed by atoms with Gasteiger partial charge in [-0.1, -0.05) is 30.3 Å². The Morgan fingerprint density at radius 1 is 1.32 bits per heavy atom. The van der Waals surface area contributed by atoms with E-state index in [9.17, 15) is 14.4 Å². The Morgan fingerprint density at radius 3 is 2.68 bits per heavy atom. The molecule has 2 rings (SSSR count). The average molecular weight is 368 g/mol. The third kappa shape index (κ3) is 5.09. The van der Waals surface area contributed by atoms with Crippen LogP contribution >= 0.6 is 11.6 Å². The van der Waals surface area contributed by atoms with Crippen LogP contribution in [0.4, 0.5) is 4.79 Å². The molecule has 0 saturated carbocycles. The Bertz CT molecular complexity index is 611. The van der Waals surface area contributed by atoms with Crippen molar-refractivity contribution in [2.75, 3.05) is 19.5 Å². The maximum Gasteiger partial charge on any atom is 0.408 e. The largest absolute Gasteiger partial charge is 0.445 e. The first-order chi connectivity index (χ1) is 12.1. The minimum absolute atomic E-state index is 0.0977. The fourth-order valence-corrected chi connectivity index (χ4v) is 2.95. The summed E-state index contributed by atoms with van der Waals surface area (Å²) in [5.74, 6) is -0.695. The number of hydrogen-bond donors (Lipinski definition) is 2. The van der Waals surface area contributed by atoms with Crippen molar-refractivity contribution in [1.82, 2.24) is 15.5 Å². The number of rotatable bonds is 6. The number of amides is 3. The van der Waals surface area contributed by atoms with E-state index in [4.69, 9.17) is 16.3 Å². The van der Waals surface area contributed by atoms with Crippen LogP contribution in [0.2, 0.25) is 0 Å². The second-order valence-electron chi connectivity index (χ2n) is 5.72. The maximum atomic E-state index is 12.6. The Labute approximate surface area is 151 Å². The summed E-state index contributed by atoms with van der Waals surface area (Å²) in [6.45, 7) is 0.561. The number of ether oxygens (including phenoxy) is 1. The van der Waals surface area contributed by atoms with E-state index in [1.54, 1.807) is 0 Å². The fraction of sp³-hybridized carbons (Fsp3) is 0.471. The van der Waals surface area contributed by atoms with E-state index in [-0.39, 0.29) is 24.3 Å². The maximum absolute atomic E-state index is 12.6. The molecule has 1 aromatic carbocycles. The highest BCUT2D eigenvalue weighted by Gasteiger charge is 2.37. The number of carbonyl (C=O) groups is 3. The Morgan fingerprint density at radius 2 is 2.04 bits per heavy atom. The number of halogens is 1. The van der Waals surface area contributed by atoms with Crippen LogP contribution in [0, 0.1) is 0 Å². The molecule has 3 amide bonds. The van der Waals surface area contributed by atoms with Crippen LogP contribution in [0.15, 0.2) is 30.3 Å². The van der Waals surface area contributed by atoms with Crippen molar-refractivity contribution in [1.29, 1.82) is 0 Å². The summed E-state index contributed by atoms with van der Waals surface area (Å²) in [5, 5.41) is 5.03. The lowest BCUT2D eigenvalue weighted by atomic mass is 10.2. The third-order valence-electron chi connectivity index (χ3n) is 4.04. The molecule has 0 aromatic heterocycles. The van der Waals surface area contributed by atoms with Gasteiger partial charge in [0, 0.05) is 13.6 Å². The molecule has 2 N–H and O–H groups in total. The predicted octanol–water partition coefficient (Wildman–Crippen LogP) is 1.26. The van der Waals surface area contributed by atoms with Crippen LogP contribution in [0.5, 0.6) is 0 Å². The second kappa shape index (κ2) is 9.27. The number of alkyl carbamates (subject to hydrolysis) is 1. The molecular formula is C17H22ClN3O4. The molecule has 8 heteroatoms. The summed E-state index contributed by atoms with van der Waals surface area (Å²) in [6.07, 6.45) is 0.606. The lowest BCUT2D eigenvalue weighted by Crippen LogP contribution is -2.54. The van der Waals surface area contributed by atoms with Gasteiger partial charge >= 0.3 is 6.09 Å². The molecule has 136 valence electrons. The standard InChI is InChI=1S/C17H22ClN3O4/c1-19-15(22)14-8-5-9-21(14)16(23)13(10-18)20-17(24)25-11-12-6-3-2-4-7-12/h2-4,6-7,13-14H,5,8-11H2,1H3,(H,19,22)(H,20,24)/t13-,14-/m0/s1. The first kappa shape index (κ1) is 19.1. The molecule has 1 aliphatic rings. The molecule has 0 unspecified atom stereocenters. The van der Waals surface area contributed by atoms with E-state index in [2.05, 4.69) is 10.6 Å². The first-order valence-corrected chi connectivity index (χ1v) is 8.65. The summed E-state index contributed by atoms with van der Waals surface area (Å²) in [6, 6.07) is 7.75. The van der Waals surface area contributed by atoms with Gasteiger partial charge in [0.25, 0.3) is 0 Å². The van der Waals surface area contributed by atoms with Crippen LogP contribution in [0.1, 0.15) is 18.4 Å². The predicted molar refractivity (Wildman–Crippen MR) is 93.1 cm³/mol. The smallest absolute Gasteiger partial charge is 0.408 e. The quantitative estimate of drug-likeness (QED) is 0.741. The molecule has 2 atom stereocenters. The molecule has 7 nitrogen and oxygen atoms in total. The van der Waals surface area contributed by atoms with Gasteiger partial charge < -0.3 is 20.3 Å². The summed E-state index contributed by atoms with van der Waals surface area (Å²) >= 11 is 5.84. The van der Waals surface area contributed by atoms with Crippen LogP contribution in [0.25, 0.3) is 0 Å². The van der Waals surface area contributed by atoms with Crippen LogP contribution in [0.3, 0.4) is 0 Å². The number of nitrogens with zero attached hydrogens (tertiary/aromatic N) is 1. The molecule has 0 bridgehead atoms. The summed E-state index contributed by atoms with van der Waals surface area (Å²) < 4.78 is 5.11. The van der Waals surface area contributed by atoms with E-state index >= 15 is 0 Å². The van der Waals surface area contributed by atoms with Gasteiger partial charge in [0.15, 0.2) is 0 Å². The molecule has 1 aromatic rings. The van der Waals surface area contributed by atoms with Crippen molar-refractivity contribution < 1.29 is 19.1 Å². The zero-order chi connectivity index (χ0) is 18.2. The summed E-state index contributed by atoms with van der Waals surface area (Å²) in [5.41, 5.74) is 0.839. The Hall–Kier alpha value is -2.28. The Balaban J connectivity index is 1.91. The van der Waals surface area contributed by atoms with Crippen molar-refractivity contribution in [3.63, 3.8) is 0 Å². The lowest BCUT2D eigenvalue weighted by Gasteiger charge is -2.27. The van der Waals surface area contributed by atoms with Crippen molar-refractivity contribution in [3.05, 3.63) is 35.9 Å². The number of nitrogens with one attached hydrogen (secondary N) is 2. The second-order valence-corrected chi connectivity index (χ2v) is 6.03. The molecule has 1 heterocycles. The Kier molecular flexibility index (Phi) is 7.06. The highest BCUT2D eigenvalue weighted by molar-refractivity contribution is 6.20. The van der Waals surface area contributed by atoms with E-state index in [0.29, 0.717) is 13.0 Å². The van der Waals surface area contributed by atoms with Crippen molar-refractivity contribution in [3.8, 4) is 0 Å². The van der Waals surface area contributed by atoms with Crippen molar-refractivity contribution in [2.24, 2.45) is 0 Å². The average Bonchev–Trinajstić information content (AvgIpc) is 3.13. The number of benzene rings is 1. The van der Waals surface area contributed by atoms with Crippen LogP contribution < -0.4 is 10.6 Å². The van der Waals surface area contributed by atoms with Gasteiger partial charge in [-0.25, -0.2) is 4.79 Å². The normalized spacial score (nSPS) is 17.7. The number of hydrogen-bond acceptors (Lipinski definition) is 4. The zero-order valence-electron chi connectivity index (χ0n) is 14.0. The van der Waals surface area contributed by atoms with Crippen LogP contribution in [-0.4, -0.2) is 54.4 Å². The molecule has 25 heavy (non-hydrogen) atoms. The van der Waals surface area contributed by atoms with Gasteiger partial charge in [0.1, 0.15) is 18.7 Å². The SMILES string of the molecule is CNC(=O)[C@@H]1CCCN1C(=O)[C@H](CCl)NC(=O)OCc1ccccc1. The number of alkyl halides is 1. The van der Waals surface area contributed by atoms with Gasteiger partial charge in [-0.05, 0) is 18.4 Å². The number of likely N-dealkylation sites (tertiary alicyclic amines) is 1. The van der Waals surface area contributed by atoms with Crippen molar-refractivity contribution >= 4 is 29.5 Å². The molecule has 0 radical (unpaired) electrons. The third-order valence-corrected chi connectivity index (χ3v) is 4.35. The molecule has 1 saturated heterocycles. The molecule has 0 aliphatic carbocycles. The van der Waals surface area contributed by atoms with Crippen LogP contribution in [-0.2, 0) is 20.9 Å². The van der Waals surface area contributed by atoms with Gasteiger partial charge in [-0.2, -0.15) is 0 Å². The number of carbonyl (C=O) groups excluding carboxylic acids is 3. The monoisotopic (exact) mass is 367 g/mol. The molecule has 0 spiro atoms. The van der Waals surface area contributed by atoms with Gasteiger partial charge in [-0.15, -0.1) is 11.6 Å². The van der Waals surface area contributed by atoms with E-state index in [1.165, 1.54) is 11.9 Å². The van der Waals surface area contributed by atoms with E-state index < -0.39 is 18.2 Å². The molecule has 1 aliphatic heterocycles. The van der Waals surface area contributed by atoms with E-state index in [0.717, 1.165) is 12.0 Å². The fourth-order valence-electron chi connectivity index (χ4n) is 2.74. The van der Waals surface area contributed by atoms with Gasteiger partial charge in [-0.3, -0.25) is 9.59 Å². The lowest BCUT2D eigenvalue weighted by molar-refractivity contribution is -0.139. The zero-order valence-corrected chi connectivity index (χ0v) is 14.8.